The van der Waals surface area contributed by atoms with Gasteiger partial charge in [-0.15, -0.1) is 0 Å². The lowest BCUT2D eigenvalue weighted by molar-refractivity contribution is 0.102. The predicted octanol–water partition coefficient (Wildman–Crippen LogP) is 4.09. The molecular formula is C20H16F2N4O. The number of halogens is 2. The van der Waals surface area contributed by atoms with E-state index < -0.39 is 17.5 Å². The zero-order valence-electron chi connectivity index (χ0n) is 14.5. The van der Waals surface area contributed by atoms with Crippen LogP contribution >= 0.6 is 0 Å². The van der Waals surface area contributed by atoms with Crippen molar-refractivity contribution < 1.29 is 13.6 Å². The SMILES string of the molecule is CC1Cc2ccccc2N1c1cnc(C(=O)Nc2ccc(F)c(F)c2)cn1. The fourth-order valence-electron chi connectivity index (χ4n) is 3.25. The van der Waals surface area contributed by atoms with Crippen LogP contribution in [0.3, 0.4) is 0 Å². The van der Waals surface area contributed by atoms with E-state index in [2.05, 4.69) is 33.2 Å². The molecule has 0 fully saturated rings. The molecule has 2 aromatic carbocycles. The molecule has 1 unspecified atom stereocenters. The molecule has 2 heterocycles. The van der Waals surface area contributed by atoms with Crippen molar-refractivity contribution in [2.45, 2.75) is 19.4 Å². The molecule has 7 heteroatoms. The lowest BCUT2D eigenvalue weighted by Crippen LogP contribution is -2.25. The first-order chi connectivity index (χ1) is 13.0. The molecule has 0 spiro atoms. The van der Waals surface area contributed by atoms with Crippen LogP contribution in [0.4, 0.5) is 26.0 Å². The topological polar surface area (TPSA) is 58.1 Å². The maximum Gasteiger partial charge on any atom is 0.275 e. The Morgan fingerprint density at radius 3 is 2.67 bits per heavy atom. The summed E-state index contributed by atoms with van der Waals surface area (Å²) in [4.78, 5) is 22.9. The van der Waals surface area contributed by atoms with Gasteiger partial charge in [-0.05, 0) is 37.1 Å². The van der Waals surface area contributed by atoms with Gasteiger partial charge in [0.2, 0.25) is 0 Å². The molecule has 0 radical (unpaired) electrons. The highest BCUT2D eigenvalue weighted by Gasteiger charge is 2.28. The average Bonchev–Trinajstić information content (AvgIpc) is 3.00. The zero-order chi connectivity index (χ0) is 19.0. The van der Waals surface area contributed by atoms with Crippen LogP contribution in [-0.2, 0) is 6.42 Å². The van der Waals surface area contributed by atoms with Gasteiger partial charge in [0.15, 0.2) is 17.5 Å². The molecule has 1 aliphatic heterocycles. The van der Waals surface area contributed by atoms with Gasteiger partial charge in [0.1, 0.15) is 5.69 Å². The number of aromatic nitrogens is 2. The first-order valence-corrected chi connectivity index (χ1v) is 8.48. The minimum Gasteiger partial charge on any atom is -0.322 e. The molecule has 27 heavy (non-hydrogen) atoms. The van der Waals surface area contributed by atoms with E-state index in [0.29, 0.717) is 5.82 Å². The highest BCUT2D eigenvalue weighted by molar-refractivity contribution is 6.02. The monoisotopic (exact) mass is 366 g/mol. The Hall–Kier alpha value is -3.35. The standard InChI is InChI=1S/C20H16F2N4O/c1-12-8-13-4-2-3-5-18(13)26(12)19-11-23-17(10-24-19)20(27)25-14-6-7-15(21)16(22)9-14/h2-7,9-12H,8H2,1H3,(H,25,27). The number of carbonyl (C=O) groups is 1. The summed E-state index contributed by atoms with van der Waals surface area (Å²) >= 11 is 0. The van der Waals surface area contributed by atoms with Crippen molar-refractivity contribution in [1.29, 1.82) is 0 Å². The summed E-state index contributed by atoms with van der Waals surface area (Å²) in [5, 5.41) is 2.48. The molecule has 5 nitrogen and oxygen atoms in total. The summed E-state index contributed by atoms with van der Waals surface area (Å²) in [6.07, 6.45) is 3.83. The Kier molecular flexibility index (Phi) is 4.27. The van der Waals surface area contributed by atoms with Crippen molar-refractivity contribution in [1.82, 2.24) is 9.97 Å². The molecule has 4 rings (SSSR count). The Bertz CT molecular complexity index is 1010. The van der Waals surface area contributed by atoms with Crippen LogP contribution in [-0.4, -0.2) is 21.9 Å². The van der Waals surface area contributed by atoms with Crippen molar-refractivity contribution in [3.63, 3.8) is 0 Å². The summed E-state index contributed by atoms with van der Waals surface area (Å²) in [7, 11) is 0. The number of nitrogens with one attached hydrogen (secondary N) is 1. The smallest absolute Gasteiger partial charge is 0.275 e. The second kappa shape index (κ2) is 6.75. The Labute approximate surface area is 154 Å². The number of carbonyl (C=O) groups excluding carboxylic acids is 1. The van der Waals surface area contributed by atoms with Crippen LogP contribution in [0.2, 0.25) is 0 Å². The van der Waals surface area contributed by atoms with Crippen molar-refractivity contribution >= 4 is 23.1 Å². The number of hydrogen-bond acceptors (Lipinski definition) is 4. The number of fused-ring (bicyclic) bond motifs is 1. The third-order valence-corrected chi connectivity index (χ3v) is 4.50. The summed E-state index contributed by atoms with van der Waals surface area (Å²) in [6.45, 7) is 2.10. The number of amides is 1. The molecule has 1 amide bonds. The van der Waals surface area contributed by atoms with E-state index >= 15 is 0 Å². The number of rotatable bonds is 3. The molecule has 1 atom stereocenters. The van der Waals surface area contributed by atoms with E-state index in [9.17, 15) is 13.6 Å². The molecule has 136 valence electrons. The van der Waals surface area contributed by atoms with Gasteiger partial charge in [0, 0.05) is 23.5 Å². The molecule has 1 N–H and O–H groups in total. The fourth-order valence-corrected chi connectivity index (χ4v) is 3.25. The lowest BCUT2D eigenvalue weighted by Gasteiger charge is -2.23. The van der Waals surface area contributed by atoms with E-state index in [1.807, 2.05) is 18.2 Å². The molecule has 3 aromatic rings. The Balaban J connectivity index is 1.54. The molecule has 0 saturated carbocycles. The van der Waals surface area contributed by atoms with Gasteiger partial charge in [-0.3, -0.25) is 4.79 Å². The Morgan fingerprint density at radius 1 is 1.11 bits per heavy atom. The maximum absolute atomic E-state index is 13.3. The maximum atomic E-state index is 13.3. The first kappa shape index (κ1) is 17.1. The molecular weight excluding hydrogens is 350 g/mol. The second-order valence-electron chi connectivity index (χ2n) is 6.39. The normalized spacial score (nSPS) is 15.5. The van der Waals surface area contributed by atoms with Crippen LogP contribution in [0.5, 0.6) is 0 Å². The fraction of sp³-hybridized carbons (Fsp3) is 0.150. The molecule has 0 saturated heterocycles. The Morgan fingerprint density at radius 2 is 1.93 bits per heavy atom. The number of nitrogens with zero attached hydrogens (tertiary/aromatic N) is 3. The third kappa shape index (κ3) is 3.23. The average molecular weight is 366 g/mol. The van der Waals surface area contributed by atoms with E-state index in [0.717, 1.165) is 24.2 Å². The quantitative estimate of drug-likeness (QED) is 0.759. The van der Waals surface area contributed by atoms with Crippen molar-refractivity contribution in [3.8, 4) is 0 Å². The van der Waals surface area contributed by atoms with Gasteiger partial charge in [0.25, 0.3) is 5.91 Å². The summed E-state index contributed by atoms with van der Waals surface area (Å²) in [5.74, 6) is -1.90. The van der Waals surface area contributed by atoms with Crippen LogP contribution in [0.15, 0.2) is 54.9 Å². The largest absolute Gasteiger partial charge is 0.322 e. The summed E-state index contributed by atoms with van der Waals surface area (Å²) < 4.78 is 26.2. The number of benzene rings is 2. The highest BCUT2D eigenvalue weighted by Crippen LogP contribution is 2.36. The third-order valence-electron chi connectivity index (χ3n) is 4.50. The van der Waals surface area contributed by atoms with Crippen molar-refractivity contribution in [3.05, 3.63) is 77.8 Å². The van der Waals surface area contributed by atoms with Crippen molar-refractivity contribution in [2.24, 2.45) is 0 Å². The molecule has 0 aliphatic carbocycles. The van der Waals surface area contributed by atoms with Crippen molar-refractivity contribution in [2.75, 3.05) is 10.2 Å². The highest BCUT2D eigenvalue weighted by atomic mass is 19.2. The number of anilines is 3. The van der Waals surface area contributed by atoms with E-state index in [1.54, 1.807) is 6.20 Å². The van der Waals surface area contributed by atoms with Gasteiger partial charge in [-0.1, -0.05) is 18.2 Å². The first-order valence-electron chi connectivity index (χ1n) is 8.48. The molecule has 0 bridgehead atoms. The lowest BCUT2D eigenvalue weighted by atomic mass is 10.1. The van der Waals surface area contributed by atoms with Crippen LogP contribution in [0, 0.1) is 11.6 Å². The second-order valence-corrected chi connectivity index (χ2v) is 6.39. The van der Waals surface area contributed by atoms with E-state index in [4.69, 9.17) is 0 Å². The molecule has 1 aromatic heterocycles. The summed E-state index contributed by atoms with van der Waals surface area (Å²) in [6, 6.07) is 11.5. The van der Waals surface area contributed by atoms with Gasteiger partial charge >= 0.3 is 0 Å². The van der Waals surface area contributed by atoms with E-state index in [1.165, 1.54) is 17.8 Å². The van der Waals surface area contributed by atoms with E-state index in [-0.39, 0.29) is 17.4 Å². The zero-order valence-corrected chi connectivity index (χ0v) is 14.5. The van der Waals surface area contributed by atoms with Crippen LogP contribution < -0.4 is 10.2 Å². The van der Waals surface area contributed by atoms with Gasteiger partial charge in [-0.25, -0.2) is 18.7 Å². The van der Waals surface area contributed by atoms with Gasteiger partial charge < -0.3 is 10.2 Å². The number of para-hydroxylation sites is 1. The predicted molar refractivity (Wildman–Crippen MR) is 98.1 cm³/mol. The minimum atomic E-state index is -1.03. The summed E-state index contributed by atoms with van der Waals surface area (Å²) in [5.41, 5.74) is 2.56. The van der Waals surface area contributed by atoms with Crippen LogP contribution in [0.25, 0.3) is 0 Å². The van der Waals surface area contributed by atoms with Gasteiger partial charge in [-0.2, -0.15) is 0 Å². The van der Waals surface area contributed by atoms with Crippen LogP contribution in [0.1, 0.15) is 23.0 Å². The number of hydrogen-bond donors (Lipinski definition) is 1. The minimum absolute atomic E-state index is 0.0867. The molecule has 1 aliphatic rings. The van der Waals surface area contributed by atoms with Gasteiger partial charge in [0.05, 0.1) is 12.4 Å².